The first-order chi connectivity index (χ1) is 30.3. The number of hydrogen-bond donors (Lipinski definition) is 0. The van der Waals surface area contributed by atoms with Crippen LogP contribution in [0.3, 0.4) is 0 Å². The fraction of sp³-hybridized carbons (Fsp3) is 0.0500. The van der Waals surface area contributed by atoms with Gasteiger partial charge in [-0.25, -0.2) is 4.98 Å². The molecule has 13 rings (SSSR count). The van der Waals surface area contributed by atoms with Crippen LogP contribution in [0.25, 0.3) is 93.8 Å². The maximum atomic E-state index is 5.37. The van der Waals surface area contributed by atoms with Gasteiger partial charge in [0.1, 0.15) is 0 Å². The van der Waals surface area contributed by atoms with Gasteiger partial charge in [0.15, 0.2) is 0 Å². The summed E-state index contributed by atoms with van der Waals surface area (Å²) >= 11 is 0. The smallest absolute Gasteiger partial charge is 0.0715 e. The third kappa shape index (κ3) is 4.92. The Balaban J connectivity index is 1.08. The molecule has 0 bridgehead atoms. The summed E-state index contributed by atoms with van der Waals surface area (Å²) < 4.78 is 0. The number of rotatable bonds is 4. The van der Waals surface area contributed by atoms with E-state index in [9.17, 15) is 0 Å². The van der Waals surface area contributed by atoms with Gasteiger partial charge in [0.2, 0.25) is 0 Å². The van der Waals surface area contributed by atoms with Crippen LogP contribution in [0.1, 0.15) is 35.1 Å². The second-order valence-corrected chi connectivity index (χ2v) is 16.8. The summed E-state index contributed by atoms with van der Waals surface area (Å²) in [5, 5.41) is 7.56. The Morgan fingerprint density at radius 3 is 1.70 bits per heavy atom. The second kappa shape index (κ2) is 13.2. The van der Waals surface area contributed by atoms with E-state index in [1.807, 2.05) is 0 Å². The fourth-order valence-corrected chi connectivity index (χ4v) is 11.2. The molecule has 1 aromatic heterocycles. The summed E-state index contributed by atoms with van der Waals surface area (Å²) in [6.07, 6.45) is 6.89. The molecule has 0 unspecified atom stereocenters. The molecule has 1 nitrogen and oxygen atoms in total. The monoisotopic (exact) mass is 773 g/mol. The number of pyridine rings is 1. The van der Waals surface area contributed by atoms with E-state index >= 15 is 0 Å². The Morgan fingerprint density at radius 1 is 0.361 bits per heavy atom. The van der Waals surface area contributed by atoms with Gasteiger partial charge in [-0.15, -0.1) is 0 Å². The Hall–Kier alpha value is -7.61. The topological polar surface area (TPSA) is 12.9 Å². The second-order valence-electron chi connectivity index (χ2n) is 16.8. The molecular formula is C60H39N. The molecule has 10 aromatic rings. The van der Waals surface area contributed by atoms with Gasteiger partial charge in [0.05, 0.1) is 16.8 Å². The standard InChI is InChI=1S/C60H39N/c1-3-16-38(17-4-1)42-36-57(39-18-5-2-6-19-39)61-58(37-42)41-31-32-46-44-20-7-8-21-45(44)51-26-15-25-43(59(51)52(46)34-41)40-30-33-50-49-24-11-14-29-55(49)60(56(50)35-40)53-27-12-9-22-47(53)48-23-10-13-28-54(48)60/h1-13,15-28,30-37H,14,29H2. The summed E-state index contributed by atoms with van der Waals surface area (Å²) in [4.78, 5) is 5.37. The zero-order valence-electron chi connectivity index (χ0n) is 33.6. The highest BCUT2D eigenvalue weighted by Gasteiger charge is 2.52. The zero-order valence-corrected chi connectivity index (χ0v) is 33.6. The number of nitrogens with zero attached hydrogens (tertiary/aromatic N) is 1. The van der Waals surface area contributed by atoms with Crippen molar-refractivity contribution < 1.29 is 0 Å². The van der Waals surface area contributed by atoms with Crippen molar-refractivity contribution in [2.75, 3.05) is 0 Å². The van der Waals surface area contributed by atoms with Crippen molar-refractivity contribution in [2.24, 2.45) is 0 Å². The molecule has 0 saturated carbocycles. The van der Waals surface area contributed by atoms with E-state index in [0.29, 0.717) is 0 Å². The van der Waals surface area contributed by atoms with Crippen LogP contribution in [0.15, 0.2) is 218 Å². The van der Waals surface area contributed by atoms with Crippen LogP contribution in [0.5, 0.6) is 0 Å². The van der Waals surface area contributed by atoms with Crippen molar-refractivity contribution in [3.05, 3.63) is 240 Å². The van der Waals surface area contributed by atoms with E-state index in [2.05, 4.69) is 212 Å². The molecule has 1 heterocycles. The van der Waals surface area contributed by atoms with Crippen LogP contribution in [0, 0.1) is 0 Å². The van der Waals surface area contributed by atoms with Gasteiger partial charge < -0.3 is 0 Å². The summed E-state index contributed by atoms with van der Waals surface area (Å²) in [6, 6.07) is 74.2. The number of fused-ring (bicyclic) bond motifs is 15. The average molecular weight is 774 g/mol. The van der Waals surface area contributed by atoms with Crippen molar-refractivity contribution in [3.8, 4) is 55.9 Å². The summed E-state index contributed by atoms with van der Waals surface area (Å²) in [5.74, 6) is 0. The molecule has 0 amide bonds. The lowest BCUT2D eigenvalue weighted by atomic mass is 9.68. The third-order valence-corrected chi connectivity index (χ3v) is 13.8. The molecule has 1 spiro atoms. The predicted octanol–water partition coefficient (Wildman–Crippen LogP) is 15.6. The van der Waals surface area contributed by atoms with Crippen molar-refractivity contribution in [3.63, 3.8) is 0 Å². The maximum absolute atomic E-state index is 5.37. The summed E-state index contributed by atoms with van der Waals surface area (Å²) in [6.45, 7) is 0. The SMILES string of the molecule is C1=CC2=C(CC1)C1(c3cc(-c4cccc5c6ccccc6c6ccc(-c7cc(-c8ccccc8)cc(-c8ccccc8)n7)cc6c45)ccc32)c2ccccc2-c2ccccc21. The van der Waals surface area contributed by atoms with E-state index < -0.39 is 0 Å². The Labute approximate surface area is 355 Å². The Bertz CT molecular complexity index is 3410. The highest BCUT2D eigenvalue weighted by atomic mass is 14.7. The first-order valence-electron chi connectivity index (χ1n) is 21.5. The molecule has 61 heavy (non-hydrogen) atoms. The van der Waals surface area contributed by atoms with Crippen molar-refractivity contribution >= 4 is 37.9 Å². The Kier molecular flexibility index (Phi) is 7.41. The predicted molar refractivity (Wildman–Crippen MR) is 256 cm³/mol. The first-order valence-corrected chi connectivity index (χ1v) is 21.5. The molecule has 0 aliphatic heterocycles. The lowest BCUT2D eigenvalue weighted by molar-refractivity contribution is 0.714. The molecule has 284 valence electrons. The van der Waals surface area contributed by atoms with E-state index in [-0.39, 0.29) is 5.41 Å². The van der Waals surface area contributed by atoms with Crippen LogP contribution in [-0.2, 0) is 5.41 Å². The van der Waals surface area contributed by atoms with Gasteiger partial charge in [-0.2, -0.15) is 0 Å². The van der Waals surface area contributed by atoms with E-state index in [4.69, 9.17) is 4.98 Å². The number of benzene rings is 9. The average Bonchev–Trinajstić information content (AvgIpc) is 3.81. The zero-order chi connectivity index (χ0) is 40.1. The summed E-state index contributed by atoms with van der Waals surface area (Å²) in [5.41, 5.74) is 19.9. The third-order valence-electron chi connectivity index (χ3n) is 13.8. The molecule has 0 atom stereocenters. The fourth-order valence-electron chi connectivity index (χ4n) is 11.2. The highest BCUT2D eigenvalue weighted by molar-refractivity contribution is 6.29. The van der Waals surface area contributed by atoms with Gasteiger partial charge in [-0.05, 0) is 136 Å². The Morgan fingerprint density at radius 2 is 0.951 bits per heavy atom. The maximum Gasteiger partial charge on any atom is 0.0715 e. The molecule has 3 aliphatic carbocycles. The number of allylic oxidation sites excluding steroid dienone is 4. The number of aromatic nitrogens is 1. The molecule has 3 aliphatic rings. The van der Waals surface area contributed by atoms with Crippen LogP contribution in [0.4, 0.5) is 0 Å². The minimum Gasteiger partial charge on any atom is -0.248 e. The minimum absolute atomic E-state index is 0.322. The van der Waals surface area contributed by atoms with Gasteiger partial charge in [0.25, 0.3) is 0 Å². The molecule has 1 heteroatoms. The molecule has 0 fully saturated rings. The van der Waals surface area contributed by atoms with Crippen LogP contribution < -0.4 is 0 Å². The molecule has 9 aromatic carbocycles. The van der Waals surface area contributed by atoms with E-state index in [1.54, 1.807) is 5.57 Å². The van der Waals surface area contributed by atoms with Crippen molar-refractivity contribution in [2.45, 2.75) is 18.3 Å². The molecule has 0 N–H and O–H groups in total. The van der Waals surface area contributed by atoms with E-state index in [0.717, 1.165) is 40.9 Å². The first kappa shape index (κ1) is 34.3. The molecular weight excluding hydrogens is 735 g/mol. The van der Waals surface area contributed by atoms with Crippen LogP contribution in [-0.4, -0.2) is 4.98 Å². The van der Waals surface area contributed by atoms with Gasteiger partial charge in [-0.3, -0.25) is 0 Å². The molecule has 0 radical (unpaired) electrons. The van der Waals surface area contributed by atoms with E-state index in [1.165, 1.54) is 88.0 Å². The van der Waals surface area contributed by atoms with Crippen molar-refractivity contribution in [1.82, 2.24) is 4.98 Å². The van der Waals surface area contributed by atoms with Crippen LogP contribution in [0.2, 0.25) is 0 Å². The summed E-state index contributed by atoms with van der Waals surface area (Å²) in [7, 11) is 0. The van der Waals surface area contributed by atoms with Crippen molar-refractivity contribution in [1.29, 1.82) is 0 Å². The van der Waals surface area contributed by atoms with Gasteiger partial charge >= 0.3 is 0 Å². The molecule has 0 saturated heterocycles. The van der Waals surface area contributed by atoms with Gasteiger partial charge in [0, 0.05) is 11.1 Å². The quantitative estimate of drug-likeness (QED) is 0.162. The lowest BCUT2D eigenvalue weighted by Gasteiger charge is -2.33. The largest absolute Gasteiger partial charge is 0.248 e. The van der Waals surface area contributed by atoms with Gasteiger partial charge in [-0.1, -0.05) is 188 Å². The normalized spacial score (nSPS) is 14.4. The minimum atomic E-state index is -0.322. The van der Waals surface area contributed by atoms with Crippen LogP contribution >= 0.6 is 0 Å². The lowest BCUT2D eigenvalue weighted by Crippen LogP contribution is -2.27. The number of hydrogen-bond acceptors (Lipinski definition) is 1. The highest BCUT2D eigenvalue weighted by Crippen LogP contribution is 2.64.